The lowest BCUT2D eigenvalue weighted by Crippen LogP contribution is -2.58. The van der Waals surface area contributed by atoms with Gasteiger partial charge >= 0.3 is 12.0 Å². The van der Waals surface area contributed by atoms with Gasteiger partial charge in [0.2, 0.25) is 11.8 Å². The molecule has 2 heterocycles. The van der Waals surface area contributed by atoms with E-state index in [0.717, 1.165) is 28.0 Å². The lowest BCUT2D eigenvalue weighted by molar-refractivity contribution is -0.385. The van der Waals surface area contributed by atoms with Crippen LogP contribution in [0, 0.1) is 27.8 Å². The Bertz CT molecular complexity index is 1230. The molecule has 0 aliphatic carbocycles. The summed E-state index contributed by atoms with van der Waals surface area (Å²) in [4.78, 5) is 64.3. The second kappa shape index (κ2) is 7.90. The number of nitrogens with one attached hydrogen (secondary N) is 1. The predicted molar refractivity (Wildman–Crippen MR) is 114 cm³/mol. The number of carbonyl (C=O) groups excluding carboxylic acids is 3. The third kappa shape index (κ3) is 3.26. The van der Waals surface area contributed by atoms with Gasteiger partial charge in [0.05, 0.1) is 22.8 Å². The largest absolute Gasteiger partial charge is 0.479 e. The molecule has 0 radical (unpaired) electrons. The van der Waals surface area contributed by atoms with Crippen molar-refractivity contribution in [1.29, 1.82) is 0 Å². The summed E-state index contributed by atoms with van der Waals surface area (Å²) in [7, 11) is 1.22. The molecule has 4 rings (SSSR count). The third-order valence-electron chi connectivity index (χ3n) is 6.47. The number of carboxylic acids is 1. The van der Waals surface area contributed by atoms with Crippen LogP contribution in [0.2, 0.25) is 0 Å². The van der Waals surface area contributed by atoms with E-state index in [1.165, 1.54) is 44.3 Å². The number of urea groups is 1. The van der Waals surface area contributed by atoms with Crippen LogP contribution in [0.4, 0.5) is 20.6 Å². The van der Waals surface area contributed by atoms with E-state index in [1.807, 2.05) is 0 Å². The van der Waals surface area contributed by atoms with E-state index in [1.54, 1.807) is 0 Å². The zero-order chi connectivity index (χ0) is 24.9. The van der Waals surface area contributed by atoms with Gasteiger partial charge in [-0.25, -0.2) is 14.0 Å². The first kappa shape index (κ1) is 22.8. The van der Waals surface area contributed by atoms with E-state index < -0.39 is 58.0 Å². The number of fused-ring (bicyclic) bond motifs is 1. The molecule has 2 aliphatic heterocycles. The van der Waals surface area contributed by atoms with Gasteiger partial charge in [0, 0.05) is 24.9 Å². The highest BCUT2D eigenvalue weighted by Crippen LogP contribution is 2.55. The van der Waals surface area contributed by atoms with Crippen LogP contribution < -0.4 is 5.32 Å². The van der Waals surface area contributed by atoms with Crippen molar-refractivity contribution < 1.29 is 33.6 Å². The van der Waals surface area contributed by atoms with Gasteiger partial charge in [-0.2, -0.15) is 0 Å². The number of halogens is 1. The van der Waals surface area contributed by atoms with Gasteiger partial charge < -0.3 is 10.4 Å². The Morgan fingerprint density at radius 3 is 2.38 bits per heavy atom. The van der Waals surface area contributed by atoms with Crippen molar-refractivity contribution in [2.24, 2.45) is 11.8 Å². The van der Waals surface area contributed by atoms with Crippen LogP contribution in [0.5, 0.6) is 0 Å². The van der Waals surface area contributed by atoms with Crippen molar-refractivity contribution >= 4 is 35.2 Å². The minimum absolute atomic E-state index is 0.125. The minimum Gasteiger partial charge on any atom is -0.479 e. The molecule has 0 spiro atoms. The number of imide groups is 1. The molecule has 0 bridgehead atoms. The van der Waals surface area contributed by atoms with E-state index in [0.29, 0.717) is 0 Å². The predicted octanol–water partition coefficient (Wildman–Crippen LogP) is 2.40. The van der Waals surface area contributed by atoms with Crippen molar-refractivity contribution in [2.45, 2.75) is 18.5 Å². The average Bonchev–Trinajstić information content (AvgIpc) is 3.21. The number of hydrogen-bond acceptors (Lipinski definition) is 6. The number of rotatable bonds is 4. The Morgan fingerprint density at radius 1 is 1.15 bits per heavy atom. The monoisotopic (exact) mass is 470 g/mol. The first-order valence-electron chi connectivity index (χ1n) is 10.1. The summed E-state index contributed by atoms with van der Waals surface area (Å²) in [5, 5.41) is 24.0. The number of amides is 4. The van der Waals surface area contributed by atoms with Crippen LogP contribution in [-0.2, 0) is 14.4 Å². The standard InChI is InChI=1S/C22H19FN4O7/c1-22(20(30)31)16-15(18(28)25(2)19(16)29)17(11-4-3-5-14(10-11)27(33)34)26(22)21(32)24-13-8-6-12(23)7-9-13/h3-10,15-17H,1-2H3,(H,24,32)(H,30,31). The summed E-state index contributed by atoms with van der Waals surface area (Å²) in [5.41, 5.74) is -2.23. The van der Waals surface area contributed by atoms with Crippen molar-refractivity contribution in [1.82, 2.24) is 9.80 Å². The Hall–Kier alpha value is -4.35. The molecule has 4 atom stereocenters. The summed E-state index contributed by atoms with van der Waals surface area (Å²) in [5.74, 6) is -6.26. The van der Waals surface area contributed by atoms with Gasteiger partial charge in [0.15, 0.2) is 5.54 Å². The number of carboxylic acid groups (broad SMARTS) is 1. The minimum atomic E-state index is -2.17. The highest BCUT2D eigenvalue weighted by atomic mass is 19.1. The van der Waals surface area contributed by atoms with Crippen LogP contribution in [0.25, 0.3) is 0 Å². The van der Waals surface area contributed by atoms with Gasteiger partial charge in [0.1, 0.15) is 5.82 Å². The molecule has 0 aromatic heterocycles. The maximum atomic E-state index is 13.4. The molecule has 2 fully saturated rings. The molecule has 34 heavy (non-hydrogen) atoms. The highest BCUT2D eigenvalue weighted by molar-refractivity contribution is 6.11. The average molecular weight is 470 g/mol. The second-order valence-corrected chi connectivity index (χ2v) is 8.30. The number of non-ortho nitro benzene ring substituents is 1. The summed E-state index contributed by atoms with van der Waals surface area (Å²) >= 11 is 0. The van der Waals surface area contributed by atoms with Crippen LogP contribution in [-0.4, -0.2) is 56.2 Å². The molecular weight excluding hydrogens is 451 g/mol. The summed E-state index contributed by atoms with van der Waals surface area (Å²) in [6, 6.07) is 7.56. The number of aliphatic carboxylic acids is 1. The zero-order valence-electron chi connectivity index (χ0n) is 18.0. The quantitative estimate of drug-likeness (QED) is 0.396. The normalized spacial score (nSPS) is 25.9. The molecule has 2 aliphatic rings. The van der Waals surface area contributed by atoms with Crippen molar-refractivity contribution in [3.63, 3.8) is 0 Å². The molecule has 2 N–H and O–H groups in total. The zero-order valence-corrected chi connectivity index (χ0v) is 18.0. The van der Waals surface area contributed by atoms with E-state index in [9.17, 15) is 38.8 Å². The Morgan fingerprint density at radius 2 is 1.79 bits per heavy atom. The molecule has 12 heteroatoms. The number of nitrogens with zero attached hydrogens (tertiary/aromatic N) is 3. The van der Waals surface area contributed by atoms with Gasteiger partial charge in [-0.15, -0.1) is 0 Å². The third-order valence-corrected chi connectivity index (χ3v) is 6.47. The first-order chi connectivity index (χ1) is 16.0. The molecule has 176 valence electrons. The first-order valence-corrected chi connectivity index (χ1v) is 10.1. The van der Waals surface area contributed by atoms with E-state index in [4.69, 9.17) is 0 Å². The van der Waals surface area contributed by atoms with Crippen LogP contribution in [0.15, 0.2) is 48.5 Å². The number of carbonyl (C=O) groups is 4. The van der Waals surface area contributed by atoms with Gasteiger partial charge in [-0.3, -0.25) is 29.5 Å². The van der Waals surface area contributed by atoms with Crippen molar-refractivity contribution in [3.8, 4) is 0 Å². The van der Waals surface area contributed by atoms with Crippen molar-refractivity contribution in [2.75, 3.05) is 12.4 Å². The van der Waals surface area contributed by atoms with Crippen LogP contribution in [0.3, 0.4) is 0 Å². The summed E-state index contributed by atoms with van der Waals surface area (Å²) in [6.07, 6.45) is 0. The number of nitro groups is 1. The molecule has 4 unspecified atom stereocenters. The molecule has 11 nitrogen and oxygen atoms in total. The number of likely N-dealkylation sites (tertiary alicyclic amines) is 2. The Kier molecular flexibility index (Phi) is 5.31. The maximum absolute atomic E-state index is 13.4. The lowest BCUT2D eigenvalue weighted by atomic mass is 9.80. The number of anilines is 1. The Balaban J connectivity index is 1.89. The van der Waals surface area contributed by atoms with E-state index in [2.05, 4.69) is 5.32 Å². The van der Waals surface area contributed by atoms with E-state index in [-0.39, 0.29) is 16.9 Å². The summed E-state index contributed by atoms with van der Waals surface area (Å²) in [6.45, 7) is 1.17. The molecular formula is C22H19FN4O7. The SMILES string of the molecule is CN1C(=O)C2C(c3cccc([N+](=O)[O-])c3)N(C(=O)Nc3ccc(F)cc3)C(C)(C(=O)O)C2C1=O. The van der Waals surface area contributed by atoms with Gasteiger partial charge in [-0.05, 0) is 36.8 Å². The lowest BCUT2D eigenvalue weighted by Gasteiger charge is -2.38. The molecule has 2 aromatic rings. The van der Waals surface area contributed by atoms with Gasteiger partial charge in [0.25, 0.3) is 5.69 Å². The van der Waals surface area contributed by atoms with E-state index >= 15 is 0 Å². The molecule has 2 saturated heterocycles. The van der Waals surface area contributed by atoms with Crippen molar-refractivity contribution in [3.05, 3.63) is 70.0 Å². The fourth-order valence-corrected chi connectivity index (χ4v) is 4.81. The smallest absolute Gasteiger partial charge is 0.330 e. The fourth-order valence-electron chi connectivity index (χ4n) is 4.81. The maximum Gasteiger partial charge on any atom is 0.330 e. The molecule has 0 saturated carbocycles. The summed E-state index contributed by atoms with van der Waals surface area (Å²) < 4.78 is 13.3. The van der Waals surface area contributed by atoms with Crippen LogP contribution in [0.1, 0.15) is 18.5 Å². The number of nitro benzene ring substituents is 1. The molecule has 2 aromatic carbocycles. The highest BCUT2D eigenvalue weighted by Gasteiger charge is 2.71. The van der Waals surface area contributed by atoms with Crippen LogP contribution >= 0.6 is 0 Å². The Labute approximate surface area is 191 Å². The van der Waals surface area contributed by atoms with Gasteiger partial charge in [-0.1, -0.05) is 12.1 Å². The number of benzene rings is 2. The number of hydrogen-bond donors (Lipinski definition) is 2. The topological polar surface area (TPSA) is 150 Å². The molecule has 4 amide bonds. The second-order valence-electron chi connectivity index (χ2n) is 8.30. The fraction of sp³-hybridized carbons (Fsp3) is 0.273.